The molecular weight excluding hydrogens is 316 g/mol. The molecule has 0 aliphatic carbocycles. The number of benzene rings is 1. The monoisotopic (exact) mass is 335 g/mol. The molecule has 0 amide bonds. The van der Waals surface area contributed by atoms with Crippen LogP contribution >= 0.6 is 11.3 Å². The molecule has 0 saturated carbocycles. The van der Waals surface area contributed by atoms with Crippen LogP contribution in [0.2, 0.25) is 0 Å². The minimum Gasteiger partial charge on any atom is -0.329 e. The Morgan fingerprint density at radius 3 is 2.74 bits per heavy atom. The van der Waals surface area contributed by atoms with E-state index in [-0.39, 0.29) is 5.69 Å². The van der Waals surface area contributed by atoms with Crippen LogP contribution in [0, 0.1) is 31.0 Å². The van der Waals surface area contributed by atoms with E-state index in [1.807, 2.05) is 6.92 Å². The maximum atomic E-state index is 13.7. The van der Waals surface area contributed by atoms with E-state index >= 15 is 0 Å². The van der Waals surface area contributed by atoms with Gasteiger partial charge >= 0.3 is 0 Å². The van der Waals surface area contributed by atoms with Gasteiger partial charge in [0, 0.05) is 10.9 Å². The Kier molecular flexibility index (Phi) is 4.92. The number of rotatable bonds is 4. The third-order valence-corrected chi connectivity index (χ3v) is 4.90. The van der Waals surface area contributed by atoms with E-state index in [0.717, 1.165) is 35.6 Å². The molecule has 23 heavy (non-hydrogen) atoms. The van der Waals surface area contributed by atoms with Crippen LogP contribution < -0.4 is 5.32 Å². The van der Waals surface area contributed by atoms with E-state index in [1.165, 1.54) is 36.3 Å². The average Bonchev–Trinajstić information content (AvgIpc) is 2.84. The lowest BCUT2D eigenvalue weighted by atomic mass is 9.99. The van der Waals surface area contributed by atoms with Crippen molar-refractivity contribution in [3.05, 3.63) is 46.9 Å². The highest BCUT2D eigenvalue weighted by atomic mass is 32.1. The zero-order valence-corrected chi connectivity index (χ0v) is 14.0. The summed E-state index contributed by atoms with van der Waals surface area (Å²) in [6.45, 7) is 9.57. The van der Waals surface area contributed by atoms with Crippen molar-refractivity contribution >= 4 is 22.2 Å². The Morgan fingerprint density at radius 2 is 2.04 bits per heavy atom. The minimum atomic E-state index is -0.627. The Morgan fingerprint density at radius 1 is 1.30 bits per heavy atom. The fourth-order valence-electron chi connectivity index (χ4n) is 2.53. The van der Waals surface area contributed by atoms with Crippen LogP contribution in [0.4, 0.5) is 19.6 Å². The van der Waals surface area contributed by atoms with Gasteiger partial charge < -0.3 is 5.32 Å². The fourth-order valence-corrected chi connectivity index (χ4v) is 3.31. The lowest BCUT2D eigenvalue weighted by molar-refractivity contribution is 0.236. The van der Waals surface area contributed by atoms with E-state index in [4.69, 9.17) is 0 Å². The van der Waals surface area contributed by atoms with Crippen LogP contribution in [0.5, 0.6) is 0 Å². The molecule has 1 N–H and O–H groups in total. The average molecular weight is 335 g/mol. The fraction of sp³-hybridized carbons (Fsp3) is 0.412. The van der Waals surface area contributed by atoms with Gasteiger partial charge in [-0.25, -0.2) is 13.8 Å². The topological polar surface area (TPSA) is 28.2 Å². The van der Waals surface area contributed by atoms with Gasteiger partial charge in [-0.05, 0) is 50.9 Å². The number of halogens is 2. The van der Waals surface area contributed by atoms with Crippen LogP contribution in [0.15, 0.2) is 18.2 Å². The molecule has 1 aromatic carbocycles. The number of anilines is 2. The molecule has 6 heteroatoms. The minimum absolute atomic E-state index is 0.221. The Hall–Kier alpha value is -1.53. The number of likely N-dealkylation sites (tertiary alicyclic amines) is 1. The summed E-state index contributed by atoms with van der Waals surface area (Å²) in [5.41, 5.74) is 1.01. The molecule has 0 spiro atoms. The molecule has 3 rings (SSSR count). The molecule has 1 aliphatic rings. The second kappa shape index (κ2) is 6.93. The second-order valence-corrected chi connectivity index (χ2v) is 7.16. The quantitative estimate of drug-likeness (QED) is 0.885. The maximum absolute atomic E-state index is 13.7. The summed E-state index contributed by atoms with van der Waals surface area (Å²) in [6.07, 6.45) is 2.34. The third kappa shape index (κ3) is 4.06. The molecule has 1 aromatic heterocycles. The highest BCUT2D eigenvalue weighted by Gasteiger charge is 2.19. The Bertz CT molecular complexity index is 678. The molecular formula is C17H19F2N3S. The van der Waals surface area contributed by atoms with Crippen LogP contribution in [0.3, 0.4) is 0 Å². The van der Waals surface area contributed by atoms with Crippen molar-refractivity contribution < 1.29 is 8.78 Å². The van der Waals surface area contributed by atoms with E-state index in [9.17, 15) is 8.78 Å². The van der Waals surface area contributed by atoms with Gasteiger partial charge in [0.1, 0.15) is 18.2 Å². The Balaban J connectivity index is 1.68. The molecule has 122 valence electrons. The van der Waals surface area contributed by atoms with Crippen molar-refractivity contribution in [2.45, 2.75) is 26.7 Å². The smallest absolute Gasteiger partial charge is 0.187 e. The van der Waals surface area contributed by atoms with Crippen molar-refractivity contribution in [1.29, 1.82) is 0 Å². The van der Waals surface area contributed by atoms with E-state index in [2.05, 4.69) is 28.7 Å². The highest BCUT2D eigenvalue weighted by Crippen LogP contribution is 2.29. The van der Waals surface area contributed by atoms with Crippen LogP contribution in [0.1, 0.15) is 30.3 Å². The van der Waals surface area contributed by atoms with Gasteiger partial charge in [-0.1, -0.05) is 6.92 Å². The van der Waals surface area contributed by atoms with Gasteiger partial charge in [0.2, 0.25) is 0 Å². The first-order chi connectivity index (χ1) is 11.0. The predicted octanol–water partition coefficient (Wildman–Crippen LogP) is 4.59. The summed E-state index contributed by atoms with van der Waals surface area (Å²) in [6, 6.07) is 3.46. The zero-order valence-electron chi connectivity index (χ0n) is 13.2. The standard InChI is InChI=1S/C17H19F2N3S/c1-11-5-7-22(8-6-11)10-16-12(2)23-17(21-16)20-15-4-3-13(18)9-14(15)19/h3-4,9,11H,5-8H2,1-2H3,(H,20,21). The van der Waals surface area contributed by atoms with E-state index in [0.29, 0.717) is 5.13 Å². The Labute approximate surface area is 139 Å². The van der Waals surface area contributed by atoms with Crippen molar-refractivity contribution in [2.75, 3.05) is 18.4 Å². The SMILES string of the molecule is Cc1sc(Nc2ccc(F)cc2F)nc1[C]N1CCC(C)CC1. The maximum Gasteiger partial charge on any atom is 0.187 e. The first kappa shape index (κ1) is 16.3. The number of aryl methyl sites for hydroxylation is 1. The lowest BCUT2D eigenvalue weighted by Gasteiger charge is -2.28. The molecule has 1 fully saturated rings. The predicted molar refractivity (Wildman–Crippen MR) is 88.8 cm³/mol. The van der Waals surface area contributed by atoms with Gasteiger partial charge in [0.25, 0.3) is 0 Å². The van der Waals surface area contributed by atoms with Gasteiger partial charge in [-0.15, -0.1) is 11.3 Å². The number of piperidine rings is 1. The molecule has 0 unspecified atom stereocenters. The number of hydrogen-bond donors (Lipinski definition) is 1. The number of nitrogens with zero attached hydrogens (tertiary/aromatic N) is 2. The number of nitrogens with one attached hydrogen (secondary N) is 1. The van der Waals surface area contributed by atoms with Crippen molar-refractivity contribution in [3.8, 4) is 0 Å². The second-order valence-electron chi connectivity index (χ2n) is 5.95. The molecule has 2 aromatic rings. The molecule has 3 nitrogen and oxygen atoms in total. The van der Waals surface area contributed by atoms with E-state index < -0.39 is 11.6 Å². The summed E-state index contributed by atoms with van der Waals surface area (Å²) >= 11 is 1.44. The summed E-state index contributed by atoms with van der Waals surface area (Å²) in [5.74, 6) is -0.453. The number of hydrogen-bond acceptors (Lipinski definition) is 4. The summed E-state index contributed by atoms with van der Waals surface area (Å²) in [5, 5.41) is 3.50. The number of aromatic nitrogens is 1. The van der Waals surface area contributed by atoms with Crippen LogP contribution in [-0.4, -0.2) is 23.0 Å². The molecule has 0 atom stereocenters. The van der Waals surface area contributed by atoms with Gasteiger partial charge in [0.05, 0.1) is 11.4 Å². The summed E-state index contributed by atoms with van der Waals surface area (Å²) in [4.78, 5) is 7.67. The van der Waals surface area contributed by atoms with Gasteiger partial charge in [-0.2, -0.15) is 0 Å². The molecule has 0 bridgehead atoms. The van der Waals surface area contributed by atoms with Crippen LogP contribution in [0.25, 0.3) is 0 Å². The van der Waals surface area contributed by atoms with Gasteiger partial charge in [0.15, 0.2) is 5.13 Å². The van der Waals surface area contributed by atoms with Crippen molar-refractivity contribution in [1.82, 2.24) is 9.88 Å². The zero-order chi connectivity index (χ0) is 16.4. The molecule has 2 radical (unpaired) electrons. The van der Waals surface area contributed by atoms with Gasteiger partial charge in [-0.3, -0.25) is 4.90 Å². The molecule has 1 saturated heterocycles. The summed E-state index contributed by atoms with van der Waals surface area (Å²) < 4.78 is 26.6. The normalized spacial score (nSPS) is 16.7. The number of thiazole rings is 1. The lowest BCUT2D eigenvalue weighted by Crippen LogP contribution is -2.31. The highest BCUT2D eigenvalue weighted by molar-refractivity contribution is 7.15. The third-order valence-electron chi connectivity index (χ3n) is 4.02. The largest absolute Gasteiger partial charge is 0.329 e. The van der Waals surface area contributed by atoms with E-state index in [1.54, 1.807) is 0 Å². The first-order valence-corrected chi connectivity index (χ1v) is 8.54. The first-order valence-electron chi connectivity index (χ1n) is 7.72. The van der Waals surface area contributed by atoms with Crippen LogP contribution in [-0.2, 0) is 0 Å². The molecule has 2 heterocycles. The summed E-state index contributed by atoms with van der Waals surface area (Å²) in [7, 11) is 0. The van der Waals surface area contributed by atoms with Crippen molar-refractivity contribution in [3.63, 3.8) is 0 Å². The van der Waals surface area contributed by atoms with Crippen molar-refractivity contribution in [2.24, 2.45) is 5.92 Å². The molecule has 1 aliphatic heterocycles.